The number of aromatic nitrogens is 3. The van der Waals surface area contributed by atoms with Gasteiger partial charge < -0.3 is 14.3 Å². The second-order valence-corrected chi connectivity index (χ2v) is 6.45. The Morgan fingerprint density at radius 1 is 1.24 bits per heavy atom. The summed E-state index contributed by atoms with van der Waals surface area (Å²) in [5, 5.41) is 3.08. The molecular weight excluding hydrogens is 316 g/mol. The molecule has 6 heteroatoms. The summed E-state index contributed by atoms with van der Waals surface area (Å²) in [4.78, 5) is 21.5. The van der Waals surface area contributed by atoms with Crippen molar-refractivity contribution in [3.8, 4) is 11.5 Å². The van der Waals surface area contributed by atoms with Gasteiger partial charge in [-0.25, -0.2) is 9.97 Å². The molecule has 1 atom stereocenters. The SMILES string of the molecule is Cc1cn2c(n1)CC[C@@H](NC(=O)c1nc(-c3ccccc3)oc1C)C2. The number of benzene rings is 1. The average molecular weight is 336 g/mol. The average Bonchev–Trinajstić information content (AvgIpc) is 3.17. The normalized spacial score (nSPS) is 16.5. The smallest absolute Gasteiger partial charge is 0.273 e. The van der Waals surface area contributed by atoms with Gasteiger partial charge in [0.1, 0.15) is 11.6 Å². The van der Waals surface area contributed by atoms with Crippen LogP contribution < -0.4 is 5.32 Å². The molecule has 4 rings (SSSR count). The van der Waals surface area contributed by atoms with Gasteiger partial charge in [-0.2, -0.15) is 0 Å². The van der Waals surface area contributed by atoms with Gasteiger partial charge in [0, 0.05) is 30.8 Å². The van der Waals surface area contributed by atoms with Crippen LogP contribution in [-0.2, 0) is 13.0 Å². The molecule has 1 aliphatic heterocycles. The minimum absolute atomic E-state index is 0.0740. The molecule has 0 saturated carbocycles. The van der Waals surface area contributed by atoms with Crippen LogP contribution >= 0.6 is 0 Å². The highest BCUT2D eigenvalue weighted by atomic mass is 16.4. The molecule has 1 aliphatic rings. The maximum atomic E-state index is 12.6. The first-order valence-electron chi connectivity index (χ1n) is 8.46. The molecule has 0 bridgehead atoms. The van der Waals surface area contributed by atoms with Gasteiger partial charge in [-0.3, -0.25) is 4.79 Å². The zero-order chi connectivity index (χ0) is 17.4. The van der Waals surface area contributed by atoms with Crippen molar-refractivity contribution in [2.45, 2.75) is 39.3 Å². The van der Waals surface area contributed by atoms with Crippen LogP contribution in [0.5, 0.6) is 0 Å². The van der Waals surface area contributed by atoms with Gasteiger partial charge in [-0.15, -0.1) is 0 Å². The lowest BCUT2D eigenvalue weighted by atomic mass is 10.1. The molecule has 0 fully saturated rings. The largest absolute Gasteiger partial charge is 0.441 e. The number of nitrogens with one attached hydrogen (secondary N) is 1. The molecule has 2 aromatic heterocycles. The molecule has 6 nitrogen and oxygen atoms in total. The molecule has 0 radical (unpaired) electrons. The second-order valence-electron chi connectivity index (χ2n) is 6.45. The third-order valence-electron chi connectivity index (χ3n) is 4.48. The Balaban J connectivity index is 1.49. The van der Waals surface area contributed by atoms with Gasteiger partial charge in [0.25, 0.3) is 5.91 Å². The molecular formula is C19H20N4O2. The highest BCUT2D eigenvalue weighted by Crippen LogP contribution is 2.22. The van der Waals surface area contributed by atoms with Crippen molar-refractivity contribution in [3.05, 3.63) is 59.5 Å². The molecule has 3 aromatic rings. The summed E-state index contributed by atoms with van der Waals surface area (Å²) in [5.41, 5.74) is 2.23. The lowest BCUT2D eigenvalue weighted by molar-refractivity contribution is 0.0921. The van der Waals surface area contributed by atoms with Gasteiger partial charge in [0.15, 0.2) is 5.69 Å². The summed E-state index contributed by atoms with van der Waals surface area (Å²) in [5.74, 6) is 1.91. The number of carbonyl (C=O) groups is 1. The third-order valence-corrected chi connectivity index (χ3v) is 4.48. The Hall–Kier alpha value is -2.89. The van der Waals surface area contributed by atoms with Crippen LogP contribution in [-0.4, -0.2) is 26.5 Å². The van der Waals surface area contributed by atoms with E-state index in [9.17, 15) is 4.79 Å². The van der Waals surface area contributed by atoms with E-state index in [1.54, 1.807) is 6.92 Å². The number of nitrogens with zero attached hydrogens (tertiary/aromatic N) is 3. The van der Waals surface area contributed by atoms with Gasteiger partial charge in [0.05, 0.1) is 5.69 Å². The van der Waals surface area contributed by atoms with Crippen molar-refractivity contribution >= 4 is 5.91 Å². The van der Waals surface area contributed by atoms with Crippen LogP contribution in [0.25, 0.3) is 11.5 Å². The molecule has 1 N–H and O–H groups in total. The summed E-state index contributed by atoms with van der Waals surface area (Å²) >= 11 is 0. The van der Waals surface area contributed by atoms with E-state index in [-0.39, 0.29) is 11.9 Å². The Kier molecular flexibility index (Phi) is 3.87. The molecule has 1 aromatic carbocycles. The molecule has 25 heavy (non-hydrogen) atoms. The van der Waals surface area contributed by atoms with Crippen molar-refractivity contribution in [1.29, 1.82) is 0 Å². The van der Waals surface area contributed by atoms with Crippen LogP contribution in [0.4, 0.5) is 0 Å². The number of imidazole rings is 1. The van der Waals surface area contributed by atoms with Gasteiger partial charge >= 0.3 is 0 Å². The predicted octanol–water partition coefficient (Wildman–Crippen LogP) is 2.90. The van der Waals surface area contributed by atoms with Gasteiger partial charge in [-0.05, 0) is 32.4 Å². The monoisotopic (exact) mass is 336 g/mol. The number of carbonyl (C=O) groups excluding carboxylic acids is 1. The summed E-state index contributed by atoms with van der Waals surface area (Å²) in [6.07, 6.45) is 3.78. The first kappa shape index (κ1) is 15.6. The number of aryl methyl sites for hydroxylation is 3. The lowest BCUT2D eigenvalue weighted by Crippen LogP contribution is -2.41. The zero-order valence-corrected chi connectivity index (χ0v) is 14.3. The molecule has 0 saturated heterocycles. The van der Waals surface area contributed by atoms with Crippen molar-refractivity contribution in [3.63, 3.8) is 0 Å². The van der Waals surface area contributed by atoms with E-state index in [2.05, 4.69) is 19.9 Å². The molecule has 1 amide bonds. The van der Waals surface area contributed by atoms with E-state index in [1.165, 1.54) is 0 Å². The second kappa shape index (κ2) is 6.20. The van der Waals surface area contributed by atoms with Crippen LogP contribution in [0.1, 0.15) is 34.2 Å². The highest BCUT2D eigenvalue weighted by Gasteiger charge is 2.24. The van der Waals surface area contributed by atoms with E-state index >= 15 is 0 Å². The van der Waals surface area contributed by atoms with E-state index in [0.717, 1.165) is 36.5 Å². The number of rotatable bonds is 3. The lowest BCUT2D eigenvalue weighted by Gasteiger charge is -2.24. The molecule has 0 aliphatic carbocycles. The van der Waals surface area contributed by atoms with E-state index in [0.29, 0.717) is 17.3 Å². The first-order valence-corrected chi connectivity index (χ1v) is 8.46. The zero-order valence-electron chi connectivity index (χ0n) is 14.3. The predicted molar refractivity (Wildman–Crippen MR) is 93.2 cm³/mol. The van der Waals surface area contributed by atoms with E-state index in [4.69, 9.17) is 4.42 Å². The summed E-state index contributed by atoms with van der Waals surface area (Å²) in [7, 11) is 0. The Labute approximate surface area is 145 Å². The molecule has 0 spiro atoms. The van der Waals surface area contributed by atoms with Crippen LogP contribution in [0.2, 0.25) is 0 Å². The standard InChI is InChI=1S/C19H20N4O2/c1-12-10-23-11-15(8-9-16(23)20-12)21-18(24)17-13(2)25-19(22-17)14-6-4-3-5-7-14/h3-7,10,15H,8-9,11H2,1-2H3,(H,21,24)/t15-/m1/s1. The minimum atomic E-state index is -0.186. The quantitative estimate of drug-likeness (QED) is 0.798. The fraction of sp³-hybridized carbons (Fsp3) is 0.316. The summed E-state index contributed by atoms with van der Waals surface area (Å²) in [6, 6.07) is 9.67. The maximum Gasteiger partial charge on any atom is 0.273 e. The number of hydrogen-bond acceptors (Lipinski definition) is 4. The molecule has 128 valence electrons. The van der Waals surface area contributed by atoms with E-state index in [1.807, 2.05) is 43.5 Å². The van der Waals surface area contributed by atoms with Crippen LogP contribution in [0, 0.1) is 13.8 Å². The molecule has 3 heterocycles. The fourth-order valence-electron chi connectivity index (χ4n) is 3.27. The van der Waals surface area contributed by atoms with Crippen molar-refractivity contribution in [2.75, 3.05) is 0 Å². The Morgan fingerprint density at radius 3 is 2.84 bits per heavy atom. The van der Waals surface area contributed by atoms with Gasteiger partial charge in [-0.1, -0.05) is 18.2 Å². The van der Waals surface area contributed by atoms with Crippen LogP contribution in [0.15, 0.2) is 40.9 Å². The fourth-order valence-corrected chi connectivity index (χ4v) is 3.27. The van der Waals surface area contributed by atoms with E-state index < -0.39 is 0 Å². The Bertz CT molecular complexity index is 911. The summed E-state index contributed by atoms with van der Waals surface area (Å²) < 4.78 is 7.80. The van der Waals surface area contributed by atoms with Crippen molar-refractivity contribution in [1.82, 2.24) is 19.9 Å². The summed E-state index contributed by atoms with van der Waals surface area (Å²) in [6.45, 7) is 4.50. The number of amides is 1. The maximum absolute atomic E-state index is 12.6. The van der Waals surface area contributed by atoms with Crippen molar-refractivity contribution in [2.24, 2.45) is 0 Å². The third kappa shape index (κ3) is 3.07. The topological polar surface area (TPSA) is 73.0 Å². The van der Waals surface area contributed by atoms with Crippen molar-refractivity contribution < 1.29 is 9.21 Å². The van der Waals surface area contributed by atoms with Gasteiger partial charge in [0.2, 0.25) is 5.89 Å². The highest BCUT2D eigenvalue weighted by molar-refractivity contribution is 5.93. The minimum Gasteiger partial charge on any atom is -0.441 e. The number of hydrogen-bond donors (Lipinski definition) is 1. The molecule has 0 unspecified atom stereocenters. The number of fused-ring (bicyclic) bond motifs is 1. The van der Waals surface area contributed by atoms with Crippen LogP contribution in [0.3, 0.4) is 0 Å². The number of oxazole rings is 1. The Morgan fingerprint density at radius 2 is 2.04 bits per heavy atom. The first-order chi connectivity index (χ1) is 12.1.